The minimum Gasteiger partial charge on any atom is -0.326 e. The van der Waals surface area contributed by atoms with Gasteiger partial charge in [0.05, 0.1) is 0 Å². The van der Waals surface area contributed by atoms with E-state index >= 15 is 4.39 Å². The van der Waals surface area contributed by atoms with Gasteiger partial charge in [-0.05, 0) is 104 Å². The van der Waals surface area contributed by atoms with Crippen molar-refractivity contribution in [3.8, 4) is 0 Å². The summed E-state index contributed by atoms with van der Waals surface area (Å²) in [5.74, 6) is -0.756. The highest BCUT2D eigenvalue weighted by atomic mass is 19.1. The molecule has 2 aliphatic carbocycles. The second kappa shape index (κ2) is 8.58. The summed E-state index contributed by atoms with van der Waals surface area (Å²) >= 11 is 0. The minimum atomic E-state index is -0.259. The SMILES string of the molecule is Cc1ccccc1C1=c2ccc3c(c2CCC1)C(c1ccc(CN)cc1F)C=c1ccc(F)cc1=3. The van der Waals surface area contributed by atoms with Gasteiger partial charge >= 0.3 is 0 Å². The zero-order valence-corrected chi connectivity index (χ0v) is 19.7. The molecule has 0 saturated heterocycles. The van der Waals surface area contributed by atoms with Gasteiger partial charge in [0.1, 0.15) is 11.6 Å². The summed E-state index contributed by atoms with van der Waals surface area (Å²) < 4.78 is 29.8. The van der Waals surface area contributed by atoms with Crippen LogP contribution in [-0.4, -0.2) is 0 Å². The maximum absolute atomic E-state index is 15.4. The molecule has 1 atom stereocenters. The number of rotatable bonds is 3. The molecule has 3 heteroatoms. The standard InChI is InChI=1S/C32H27F2N/c1-19-5-2-3-6-23(19)24-7-4-8-27-25(24)13-14-28-29-17-22(33)11-10-21(29)16-30(32(27)28)26-12-9-20(18-35)15-31(26)34/h2-3,5-6,9-17,30H,4,7-8,18,35H2,1H3. The number of aryl methyl sites for hydroxylation is 1. The fraction of sp³-hybridized carbons (Fsp3) is 0.188. The second-order valence-corrected chi connectivity index (χ2v) is 9.64. The highest BCUT2D eigenvalue weighted by Crippen LogP contribution is 2.35. The van der Waals surface area contributed by atoms with Crippen molar-refractivity contribution in [3.05, 3.63) is 139 Å². The van der Waals surface area contributed by atoms with E-state index in [1.165, 1.54) is 33.5 Å². The molecule has 0 saturated carbocycles. The second-order valence-electron chi connectivity index (χ2n) is 9.64. The van der Waals surface area contributed by atoms with Crippen LogP contribution >= 0.6 is 0 Å². The van der Waals surface area contributed by atoms with Crippen molar-refractivity contribution in [1.82, 2.24) is 0 Å². The first-order valence-electron chi connectivity index (χ1n) is 12.3. The molecule has 4 aromatic rings. The first-order chi connectivity index (χ1) is 17.0. The predicted molar refractivity (Wildman–Crippen MR) is 137 cm³/mol. The van der Waals surface area contributed by atoms with E-state index in [0.717, 1.165) is 46.0 Å². The smallest absolute Gasteiger partial charge is 0.127 e. The lowest BCUT2D eigenvalue weighted by Crippen LogP contribution is -2.25. The van der Waals surface area contributed by atoms with Crippen LogP contribution in [0.2, 0.25) is 0 Å². The molecule has 0 aromatic heterocycles. The molecule has 4 aromatic carbocycles. The summed E-state index contributed by atoms with van der Waals surface area (Å²) in [6.07, 6.45) is 5.06. The topological polar surface area (TPSA) is 26.0 Å². The molecule has 0 heterocycles. The quantitative estimate of drug-likeness (QED) is 0.428. The van der Waals surface area contributed by atoms with Gasteiger partial charge in [-0.15, -0.1) is 0 Å². The van der Waals surface area contributed by atoms with E-state index in [2.05, 4.69) is 49.4 Å². The van der Waals surface area contributed by atoms with Gasteiger partial charge in [-0.3, -0.25) is 0 Å². The number of hydrogen-bond donors (Lipinski definition) is 1. The monoisotopic (exact) mass is 463 g/mol. The van der Waals surface area contributed by atoms with E-state index in [-0.39, 0.29) is 17.6 Å². The molecule has 0 radical (unpaired) electrons. The molecule has 1 unspecified atom stereocenters. The molecular formula is C32H27F2N. The number of fused-ring (bicyclic) bond motifs is 4. The van der Waals surface area contributed by atoms with Crippen LogP contribution < -0.4 is 16.2 Å². The fourth-order valence-corrected chi connectivity index (χ4v) is 5.94. The Hall–Kier alpha value is -3.56. The van der Waals surface area contributed by atoms with Gasteiger partial charge in [-0.1, -0.05) is 60.7 Å². The van der Waals surface area contributed by atoms with Crippen LogP contribution in [-0.2, 0) is 13.0 Å². The Kier molecular flexibility index (Phi) is 5.38. The van der Waals surface area contributed by atoms with Crippen molar-refractivity contribution in [3.63, 3.8) is 0 Å². The third kappa shape index (κ3) is 3.62. The molecule has 0 spiro atoms. The summed E-state index contributed by atoms with van der Waals surface area (Å²) in [5, 5.41) is 4.05. The van der Waals surface area contributed by atoms with Gasteiger partial charge in [0.2, 0.25) is 0 Å². The number of benzene rings is 4. The molecule has 0 aliphatic heterocycles. The van der Waals surface area contributed by atoms with Crippen molar-refractivity contribution in [1.29, 1.82) is 0 Å². The molecular weight excluding hydrogens is 436 g/mol. The highest BCUT2D eigenvalue weighted by molar-refractivity contribution is 5.71. The molecule has 2 N–H and O–H groups in total. The Labute approximate surface area is 203 Å². The summed E-state index contributed by atoms with van der Waals surface area (Å²) in [6.45, 7) is 2.45. The Morgan fingerprint density at radius 2 is 1.69 bits per heavy atom. The first kappa shape index (κ1) is 21.9. The Balaban J connectivity index is 1.74. The normalized spacial score (nSPS) is 16.2. The largest absolute Gasteiger partial charge is 0.326 e. The predicted octanol–water partition coefficient (Wildman–Crippen LogP) is 5.48. The lowest BCUT2D eigenvalue weighted by Gasteiger charge is -2.26. The van der Waals surface area contributed by atoms with E-state index in [0.29, 0.717) is 12.1 Å². The van der Waals surface area contributed by atoms with E-state index in [4.69, 9.17) is 5.73 Å². The lowest BCUT2D eigenvalue weighted by atomic mass is 9.77. The third-order valence-corrected chi connectivity index (χ3v) is 7.60. The van der Waals surface area contributed by atoms with Gasteiger partial charge in [0.15, 0.2) is 0 Å². The van der Waals surface area contributed by atoms with E-state index < -0.39 is 0 Å². The fourth-order valence-electron chi connectivity index (χ4n) is 5.94. The Bertz CT molecular complexity index is 1700. The van der Waals surface area contributed by atoms with Crippen molar-refractivity contribution in [2.45, 2.75) is 38.6 Å². The van der Waals surface area contributed by atoms with Crippen LogP contribution in [0.25, 0.3) is 11.6 Å². The van der Waals surface area contributed by atoms with Gasteiger partial charge in [-0.25, -0.2) is 8.78 Å². The van der Waals surface area contributed by atoms with Gasteiger partial charge in [0, 0.05) is 12.5 Å². The molecule has 35 heavy (non-hydrogen) atoms. The van der Waals surface area contributed by atoms with Crippen molar-refractivity contribution < 1.29 is 8.78 Å². The third-order valence-electron chi connectivity index (χ3n) is 7.60. The van der Waals surface area contributed by atoms with Gasteiger partial charge < -0.3 is 5.73 Å². The minimum absolute atomic E-state index is 0.248. The number of nitrogens with two attached hydrogens (primary N) is 1. The van der Waals surface area contributed by atoms with Crippen LogP contribution in [0.3, 0.4) is 0 Å². The summed E-state index contributed by atoms with van der Waals surface area (Å²) in [6, 6.07) is 23.0. The molecule has 0 fully saturated rings. The zero-order chi connectivity index (χ0) is 24.1. The number of halogens is 2. The highest BCUT2D eigenvalue weighted by Gasteiger charge is 2.25. The molecule has 1 nitrogen and oxygen atoms in total. The van der Waals surface area contributed by atoms with Crippen LogP contribution in [0.1, 0.15) is 52.1 Å². The van der Waals surface area contributed by atoms with Crippen molar-refractivity contribution in [2.24, 2.45) is 5.73 Å². The summed E-state index contributed by atoms with van der Waals surface area (Å²) in [5.41, 5.74) is 13.4. The van der Waals surface area contributed by atoms with Crippen LogP contribution in [0.5, 0.6) is 0 Å². The summed E-state index contributed by atoms with van der Waals surface area (Å²) in [7, 11) is 0. The Morgan fingerprint density at radius 1 is 0.857 bits per heavy atom. The molecule has 0 bridgehead atoms. The molecule has 0 amide bonds. The first-order valence-corrected chi connectivity index (χ1v) is 12.3. The van der Waals surface area contributed by atoms with Gasteiger partial charge in [0.25, 0.3) is 0 Å². The van der Waals surface area contributed by atoms with E-state index in [9.17, 15) is 4.39 Å². The Morgan fingerprint density at radius 3 is 2.49 bits per heavy atom. The van der Waals surface area contributed by atoms with Crippen molar-refractivity contribution >= 4 is 11.6 Å². The molecule has 174 valence electrons. The number of hydrogen-bond acceptors (Lipinski definition) is 1. The summed E-state index contributed by atoms with van der Waals surface area (Å²) in [4.78, 5) is 0. The molecule has 2 aliphatic rings. The van der Waals surface area contributed by atoms with Crippen LogP contribution in [0.4, 0.5) is 8.78 Å². The van der Waals surface area contributed by atoms with Crippen molar-refractivity contribution in [2.75, 3.05) is 0 Å². The molecule has 6 rings (SSSR count). The zero-order valence-electron chi connectivity index (χ0n) is 19.7. The van der Waals surface area contributed by atoms with E-state index in [1.54, 1.807) is 18.2 Å². The van der Waals surface area contributed by atoms with Crippen LogP contribution in [0.15, 0.2) is 72.8 Å². The lowest BCUT2D eigenvalue weighted by molar-refractivity contribution is 0.606. The maximum Gasteiger partial charge on any atom is 0.127 e. The maximum atomic E-state index is 15.4. The van der Waals surface area contributed by atoms with E-state index in [1.807, 2.05) is 12.1 Å². The average molecular weight is 464 g/mol. The van der Waals surface area contributed by atoms with Gasteiger partial charge in [-0.2, -0.15) is 0 Å². The van der Waals surface area contributed by atoms with Crippen LogP contribution in [0, 0.1) is 29.0 Å². The average Bonchev–Trinajstić information content (AvgIpc) is 2.88.